The summed E-state index contributed by atoms with van der Waals surface area (Å²) in [5.74, 6) is 0. The minimum absolute atomic E-state index is 0.0125. The van der Waals surface area contributed by atoms with Gasteiger partial charge in [0.15, 0.2) is 5.43 Å². The minimum atomic E-state index is 0.0125. The van der Waals surface area contributed by atoms with Gasteiger partial charge in [-0.2, -0.15) is 0 Å². The molecule has 3 aromatic rings. The van der Waals surface area contributed by atoms with Gasteiger partial charge in [0.25, 0.3) is 0 Å². The molecule has 80 valence electrons. The average molecular weight is 233 g/mol. The third-order valence-electron chi connectivity index (χ3n) is 2.88. The highest BCUT2D eigenvalue weighted by atomic mass is 35.5. The van der Waals surface area contributed by atoms with Crippen molar-refractivity contribution in [2.75, 3.05) is 0 Å². The standard InChI is InChI=1S/C12H9ClN2O/c1-15-10-6-7(16)2-3-8(10)9-4-5-14-12(13)11(9)15/h2-6,14H,1H3. The Hall–Kier alpha value is -1.74. The molecule has 1 aromatic carbocycles. The Morgan fingerprint density at radius 1 is 1.25 bits per heavy atom. The molecule has 0 unspecified atom stereocenters. The highest BCUT2D eigenvalue weighted by Gasteiger charge is 2.10. The summed E-state index contributed by atoms with van der Waals surface area (Å²) in [4.78, 5) is 14.3. The molecule has 0 fully saturated rings. The van der Waals surface area contributed by atoms with Crippen molar-refractivity contribution >= 4 is 33.4 Å². The Balaban J connectivity index is 2.70. The van der Waals surface area contributed by atoms with E-state index in [0.717, 1.165) is 21.8 Å². The van der Waals surface area contributed by atoms with Crippen molar-refractivity contribution in [2.24, 2.45) is 7.05 Å². The second kappa shape index (κ2) is 3.12. The average Bonchev–Trinajstić information content (AvgIpc) is 2.54. The van der Waals surface area contributed by atoms with Crippen LogP contribution in [0.25, 0.3) is 21.8 Å². The van der Waals surface area contributed by atoms with Gasteiger partial charge in [-0.1, -0.05) is 11.6 Å². The quantitative estimate of drug-likeness (QED) is 0.595. The van der Waals surface area contributed by atoms with Crippen LogP contribution in [-0.4, -0.2) is 9.55 Å². The number of nitrogens with one attached hydrogen (secondary N) is 1. The van der Waals surface area contributed by atoms with Crippen molar-refractivity contribution < 1.29 is 0 Å². The van der Waals surface area contributed by atoms with Gasteiger partial charge in [-0.15, -0.1) is 0 Å². The maximum absolute atomic E-state index is 11.3. The van der Waals surface area contributed by atoms with Crippen LogP contribution in [0.1, 0.15) is 0 Å². The number of hydrogen-bond donors (Lipinski definition) is 1. The summed E-state index contributed by atoms with van der Waals surface area (Å²) in [5.41, 5.74) is 1.84. The lowest BCUT2D eigenvalue weighted by Gasteiger charge is -1.99. The highest BCUT2D eigenvalue weighted by Crippen LogP contribution is 2.30. The van der Waals surface area contributed by atoms with Gasteiger partial charge in [0.2, 0.25) is 0 Å². The third-order valence-corrected chi connectivity index (χ3v) is 3.17. The second-order valence-corrected chi connectivity index (χ2v) is 4.17. The SMILES string of the molecule is Cn1c2cc(=O)ccc2c2cc[nH]c(Cl)c21. The highest BCUT2D eigenvalue weighted by molar-refractivity contribution is 6.35. The van der Waals surface area contributed by atoms with Gasteiger partial charge < -0.3 is 9.55 Å². The van der Waals surface area contributed by atoms with Gasteiger partial charge in [-0.05, 0) is 18.2 Å². The number of fused-ring (bicyclic) bond motifs is 3. The van der Waals surface area contributed by atoms with Crippen LogP contribution in [0.2, 0.25) is 5.15 Å². The fourth-order valence-electron chi connectivity index (χ4n) is 2.15. The van der Waals surface area contributed by atoms with Crippen LogP contribution in [0, 0.1) is 0 Å². The fourth-order valence-corrected chi connectivity index (χ4v) is 2.44. The Labute approximate surface area is 96.3 Å². The first-order chi connectivity index (χ1) is 7.68. The Bertz CT molecular complexity index is 755. The number of aromatic amines is 1. The zero-order valence-electron chi connectivity index (χ0n) is 8.62. The molecule has 2 aromatic heterocycles. The predicted molar refractivity (Wildman–Crippen MR) is 66.1 cm³/mol. The van der Waals surface area contributed by atoms with Crippen LogP contribution in [0.15, 0.2) is 35.3 Å². The molecule has 4 heteroatoms. The number of rotatable bonds is 0. The van der Waals surface area contributed by atoms with Crippen LogP contribution >= 0.6 is 11.6 Å². The van der Waals surface area contributed by atoms with Gasteiger partial charge in [0.1, 0.15) is 5.15 Å². The van der Waals surface area contributed by atoms with Gasteiger partial charge in [0, 0.05) is 30.1 Å². The lowest BCUT2D eigenvalue weighted by atomic mass is 10.2. The molecule has 3 rings (SSSR count). The zero-order valence-corrected chi connectivity index (χ0v) is 9.38. The number of aromatic nitrogens is 2. The molecular formula is C12H9ClN2O. The first-order valence-electron chi connectivity index (χ1n) is 4.94. The molecule has 16 heavy (non-hydrogen) atoms. The summed E-state index contributed by atoms with van der Waals surface area (Å²) in [6, 6.07) is 7.02. The summed E-state index contributed by atoms with van der Waals surface area (Å²) < 4.78 is 1.94. The first kappa shape index (κ1) is 9.48. The van der Waals surface area contributed by atoms with E-state index in [-0.39, 0.29) is 5.43 Å². The molecule has 0 aliphatic rings. The van der Waals surface area contributed by atoms with E-state index in [9.17, 15) is 4.79 Å². The van der Waals surface area contributed by atoms with Crippen molar-refractivity contribution in [3.63, 3.8) is 0 Å². The summed E-state index contributed by atoms with van der Waals surface area (Å²) in [5, 5.41) is 2.69. The number of pyridine rings is 1. The number of aryl methyl sites for hydroxylation is 1. The van der Waals surface area contributed by atoms with E-state index in [1.54, 1.807) is 18.3 Å². The van der Waals surface area contributed by atoms with Gasteiger partial charge in [-0.3, -0.25) is 4.79 Å². The molecule has 0 radical (unpaired) electrons. The largest absolute Gasteiger partial charge is 0.351 e. The van der Waals surface area contributed by atoms with E-state index in [0.29, 0.717) is 5.15 Å². The topological polar surface area (TPSA) is 37.8 Å². The molecule has 1 N–H and O–H groups in total. The molecule has 0 bridgehead atoms. The predicted octanol–water partition coefficient (Wildman–Crippen LogP) is 2.67. The Morgan fingerprint density at radius 2 is 2.06 bits per heavy atom. The van der Waals surface area contributed by atoms with Crippen LogP contribution in [0.5, 0.6) is 0 Å². The molecule has 0 amide bonds. The molecular weight excluding hydrogens is 224 g/mol. The lowest BCUT2D eigenvalue weighted by Crippen LogP contribution is -1.96. The summed E-state index contributed by atoms with van der Waals surface area (Å²) in [6.45, 7) is 0. The van der Waals surface area contributed by atoms with Crippen molar-refractivity contribution in [3.8, 4) is 0 Å². The van der Waals surface area contributed by atoms with Crippen molar-refractivity contribution in [1.29, 1.82) is 0 Å². The molecule has 0 saturated carbocycles. The molecule has 0 spiro atoms. The number of hydrogen-bond acceptors (Lipinski definition) is 1. The van der Waals surface area contributed by atoms with Gasteiger partial charge in [-0.25, -0.2) is 0 Å². The lowest BCUT2D eigenvalue weighted by molar-refractivity contribution is 1.01. The van der Waals surface area contributed by atoms with Crippen LogP contribution in [0.3, 0.4) is 0 Å². The van der Waals surface area contributed by atoms with Crippen molar-refractivity contribution in [1.82, 2.24) is 9.55 Å². The van der Waals surface area contributed by atoms with Crippen molar-refractivity contribution in [3.05, 3.63) is 45.8 Å². The monoisotopic (exact) mass is 232 g/mol. The van der Waals surface area contributed by atoms with Gasteiger partial charge in [0.05, 0.1) is 11.0 Å². The molecule has 3 nitrogen and oxygen atoms in total. The van der Waals surface area contributed by atoms with E-state index in [4.69, 9.17) is 11.6 Å². The normalized spacial score (nSPS) is 11.4. The van der Waals surface area contributed by atoms with E-state index >= 15 is 0 Å². The smallest absolute Gasteiger partial charge is 0.180 e. The summed E-state index contributed by atoms with van der Waals surface area (Å²) in [7, 11) is 1.91. The van der Waals surface area contributed by atoms with E-state index < -0.39 is 0 Å². The maximum atomic E-state index is 11.3. The first-order valence-corrected chi connectivity index (χ1v) is 5.31. The second-order valence-electron chi connectivity index (χ2n) is 3.79. The maximum Gasteiger partial charge on any atom is 0.180 e. The zero-order chi connectivity index (χ0) is 11.3. The van der Waals surface area contributed by atoms with Crippen LogP contribution in [-0.2, 0) is 7.05 Å². The van der Waals surface area contributed by atoms with E-state index in [1.165, 1.54) is 0 Å². The molecule has 0 aliphatic heterocycles. The van der Waals surface area contributed by atoms with Gasteiger partial charge >= 0.3 is 0 Å². The van der Waals surface area contributed by atoms with E-state index in [1.807, 2.05) is 23.7 Å². The van der Waals surface area contributed by atoms with Crippen LogP contribution < -0.4 is 5.43 Å². The summed E-state index contributed by atoms with van der Waals surface area (Å²) in [6.07, 6.45) is 1.80. The van der Waals surface area contributed by atoms with Crippen molar-refractivity contribution in [2.45, 2.75) is 0 Å². The number of nitrogens with zero attached hydrogens (tertiary/aromatic N) is 1. The number of H-pyrrole nitrogens is 1. The molecule has 0 aliphatic carbocycles. The number of halogens is 1. The Morgan fingerprint density at radius 3 is 2.88 bits per heavy atom. The summed E-state index contributed by atoms with van der Waals surface area (Å²) >= 11 is 6.12. The third kappa shape index (κ3) is 1.12. The molecule has 2 heterocycles. The fraction of sp³-hybridized carbons (Fsp3) is 0.0833. The van der Waals surface area contributed by atoms with Crippen LogP contribution in [0.4, 0.5) is 0 Å². The minimum Gasteiger partial charge on any atom is -0.351 e. The molecule has 0 saturated heterocycles. The molecule has 0 atom stereocenters. The number of benzene rings is 1. The van der Waals surface area contributed by atoms with E-state index in [2.05, 4.69) is 4.98 Å². The Kier molecular flexibility index (Phi) is 1.85.